The zero-order chi connectivity index (χ0) is 12.7. The van der Waals surface area contributed by atoms with Gasteiger partial charge in [0, 0.05) is 24.9 Å². The molecule has 1 atom stereocenters. The van der Waals surface area contributed by atoms with Gasteiger partial charge in [0.2, 0.25) is 5.91 Å². The van der Waals surface area contributed by atoms with Gasteiger partial charge in [0.15, 0.2) is 0 Å². The van der Waals surface area contributed by atoms with Gasteiger partial charge in [-0.15, -0.1) is 0 Å². The summed E-state index contributed by atoms with van der Waals surface area (Å²) in [5, 5.41) is 2.94. The van der Waals surface area contributed by atoms with Crippen molar-refractivity contribution in [2.75, 3.05) is 6.54 Å². The minimum atomic E-state index is 0.00170. The molecule has 4 nitrogen and oxygen atoms in total. The molecule has 1 amide bonds. The molecule has 0 spiro atoms. The van der Waals surface area contributed by atoms with Crippen LogP contribution in [0.25, 0.3) is 0 Å². The van der Waals surface area contributed by atoms with Gasteiger partial charge in [0.05, 0.1) is 0 Å². The number of nitrogens with one attached hydrogen (secondary N) is 1. The number of hydrogen-bond donors (Lipinski definition) is 2. The summed E-state index contributed by atoms with van der Waals surface area (Å²) < 4.78 is 0. The van der Waals surface area contributed by atoms with Crippen molar-refractivity contribution in [3.8, 4) is 0 Å². The quantitative estimate of drug-likeness (QED) is 0.781. The van der Waals surface area contributed by atoms with Crippen LogP contribution in [0.5, 0.6) is 0 Å². The van der Waals surface area contributed by atoms with Crippen molar-refractivity contribution in [2.45, 2.75) is 26.8 Å². The average Bonchev–Trinajstić information content (AvgIpc) is 2.34. The molecule has 0 radical (unpaired) electrons. The summed E-state index contributed by atoms with van der Waals surface area (Å²) in [6.45, 7) is 5.19. The van der Waals surface area contributed by atoms with Gasteiger partial charge in [0.25, 0.3) is 0 Å². The smallest absolute Gasteiger partial charge is 0.223 e. The van der Waals surface area contributed by atoms with Crippen LogP contribution in [0.2, 0.25) is 0 Å². The summed E-state index contributed by atoms with van der Waals surface area (Å²) in [5.74, 6) is 0.403. The average molecular weight is 235 g/mol. The normalized spacial score (nSPS) is 12.5. The zero-order valence-electron chi connectivity index (χ0n) is 10.5. The number of carbonyl (C=O) groups excluding carboxylic acids is 1. The highest BCUT2D eigenvalue weighted by Gasteiger charge is 2.20. The first-order chi connectivity index (χ1) is 8.15. The second kappa shape index (κ2) is 7.01. The lowest BCUT2D eigenvalue weighted by Gasteiger charge is -2.19. The predicted octanol–water partition coefficient (Wildman–Crippen LogP) is 1.32. The molecule has 0 bridgehead atoms. The summed E-state index contributed by atoms with van der Waals surface area (Å²) in [5.41, 5.74) is 6.58. The summed E-state index contributed by atoms with van der Waals surface area (Å²) in [7, 11) is 0. The van der Waals surface area contributed by atoms with Crippen LogP contribution < -0.4 is 11.1 Å². The molecule has 3 N–H and O–H groups in total. The van der Waals surface area contributed by atoms with Gasteiger partial charge in [-0.1, -0.05) is 13.8 Å². The van der Waals surface area contributed by atoms with Crippen molar-refractivity contribution in [1.82, 2.24) is 10.3 Å². The molecule has 4 heteroatoms. The molecule has 1 aromatic rings. The Balaban J connectivity index is 2.47. The number of carbonyl (C=O) groups is 1. The summed E-state index contributed by atoms with van der Waals surface area (Å²) >= 11 is 0. The standard InChI is InChI=1S/C13H21N3O/c1-10(2)12(3-6-14)13(17)16-9-11-4-7-15-8-5-11/h4-5,7-8,10,12H,3,6,9,14H2,1-2H3,(H,16,17). The lowest BCUT2D eigenvalue weighted by molar-refractivity contribution is -0.126. The molecule has 0 aromatic carbocycles. The third-order valence-electron chi connectivity index (χ3n) is 2.84. The molecule has 0 saturated heterocycles. The van der Waals surface area contributed by atoms with E-state index in [1.54, 1.807) is 12.4 Å². The highest BCUT2D eigenvalue weighted by atomic mass is 16.1. The number of aromatic nitrogens is 1. The van der Waals surface area contributed by atoms with Gasteiger partial charge in [-0.2, -0.15) is 0 Å². The van der Waals surface area contributed by atoms with E-state index < -0.39 is 0 Å². The molecule has 94 valence electrons. The fourth-order valence-electron chi connectivity index (χ4n) is 1.77. The van der Waals surface area contributed by atoms with Crippen LogP contribution in [0, 0.1) is 11.8 Å². The van der Waals surface area contributed by atoms with Crippen LogP contribution >= 0.6 is 0 Å². The monoisotopic (exact) mass is 235 g/mol. The molecule has 0 saturated carbocycles. The van der Waals surface area contributed by atoms with Gasteiger partial charge in [-0.3, -0.25) is 9.78 Å². The lowest BCUT2D eigenvalue weighted by atomic mass is 9.91. The maximum absolute atomic E-state index is 12.0. The number of nitrogens with two attached hydrogens (primary N) is 1. The molecule has 0 fully saturated rings. The number of nitrogens with zero attached hydrogens (tertiary/aromatic N) is 1. The Morgan fingerprint density at radius 1 is 1.41 bits per heavy atom. The molecular weight excluding hydrogens is 214 g/mol. The van der Waals surface area contributed by atoms with Crippen molar-refractivity contribution >= 4 is 5.91 Å². The van der Waals surface area contributed by atoms with Crippen LogP contribution in [0.4, 0.5) is 0 Å². The number of hydrogen-bond acceptors (Lipinski definition) is 3. The zero-order valence-corrected chi connectivity index (χ0v) is 10.5. The van der Waals surface area contributed by atoms with Crippen molar-refractivity contribution in [2.24, 2.45) is 17.6 Å². The van der Waals surface area contributed by atoms with Crippen LogP contribution in [0.3, 0.4) is 0 Å². The topological polar surface area (TPSA) is 68.0 Å². The molecule has 1 heterocycles. The molecule has 0 aliphatic rings. The first-order valence-corrected chi connectivity index (χ1v) is 6.01. The summed E-state index contributed by atoms with van der Waals surface area (Å²) in [6, 6.07) is 3.79. The molecule has 1 aromatic heterocycles. The van der Waals surface area contributed by atoms with Gasteiger partial charge in [-0.05, 0) is 36.6 Å². The van der Waals surface area contributed by atoms with Crippen molar-refractivity contribution in [3.05, 3.63) is 30.1 Å². The van der Waals surface area contributed by atoms with Crippen molar-refractivity contribution in [3.63, 3.8) is 0 Å². The van der Waals surface area contributed by atoms with Crippen LogP contribution in [-0.4, -0.2) is 17.4 Å². The third kappa shape index (κ3) is 4.53. The first-order valence-electron chi connectivity index (χ1n) is 6.01. The first kappa shape index (κ1) is 13.6. The van der Waals surface area contributed by atoms with Crippen LogP contribution in [-0.2, 0) is 11.3 Å². The lowest BCUT2D eigenvalue weighted by Crippen LogP contribution is -2.34. The molecule has 17 heavy (non-hydrogen) atoms. The van der Waals surface area contributed by atoms with Gasteiger partial charge in [-0.25, -0.2) is 0 Å². The summed E-state index contributed by atoms with van der Waals surface area (Å²) in [6.07, 6.45) is 4.18. The van der Waals surface area contributed by atoms with E-state index >= 15 is 0 Å². The van der Waals surface area contributed by atoms with E-state index in [0.717, 1.165) is 12.0 Å². The Hall–Kier alpha value is -1.42. The largest absolute Gasteiger partial charge is 0.352 e. The van der Waals surface area contributed by atoms with E-state index in [1.807, 2.05) is 26.0 Å². The number of pyridine rings is 1. The maximum atomic E-state index is 12.0. The van der Waals surface area contributed by atoms with Crippen LogP contribution in [0.15, 0.2) is 24.5 Å². The second-order valence-corrected chi connectivity index (χ2v) is 4.50. The highest BCUT2D eigenvalue weighted by molar-refractivity contribution is 5.78. The number of rotatable bonds is 6. The van der Waals surface area contributed by atoms with E-state index in [-0.39, 0.29) is 11.8 Å². The van der Waals surface area contributed by atoms with E-state index in [9.17, 15) is 4.79 Å². The Morgan fingerprint density at radius 2 is 2.06 bits per heavy atom. The molecule has 0 aliphatic heterocycles. The SMILES string of the molecule is CC(C)C(CCN)C(=O)NCc1ccncc1. The number of amides is 1. The minimum absolute atomic E-state index is 0.00170. The fraction of sp³-hybridized carbons (Fsp3) is 0.538. The van der Waals surface area contributed by atoms with Gasteiger partial charge in [0.1, 0.15) is 0 Å². The van der Waals surface area contributed by atoms with Gasteiger partial charge < -0.3 is 11.1 Å². The van der Waals surface area contributed by atoms with E-state index in [2.05, 4.69) is 10.3 Å². The Bertz CT molecular complexity index is 338. The van der Waals surface area contributed by atoms with E-state index in [1.165, 1.54) is 0 Å². The van der Waals surface area contributed by atoms with E-state index in [0.29, 0.717) is 19.0 Å². The summed E-state index contributed by atoms with van der Waals surface area (Å²) in [4.78, 5) is 15.9. The molecule has 1 rings (SSSR count). The Labute approximate surface area is 103 Å². The third-order valence-corrected chi connectivity index (χ3v) is 2.84. The van der Waals surface area contributed by atoms with Crippen LogP contribution in [0.1, 0.15) is 25.8 Å². The molecule has 0 aliphatic carbocycles. The predicted molar refractivity (Wildman–Crippen MR) is 68.1 cm³/mol. The Kier molecular flexibility index (Phi) is 5.63. The molecule has 1 unspecified atom stereocenters. The van der Waals surface area contributed by atoms with Crippen molar-refractivity contribution in [1.29, 1.82) is 0 Å². The minimum Gasteiger partial charge on any atom is -0.352 e. The maximum Gasteiger partial charge on any atom is 0.223 e. The van der Waals surface area contributed by atoms with E-state index in [4.69, 9.17) is 5.73 Å². The molecular formula is C13H21N3O. The van der Waals surface area contributed by atoms with Crippen molar-refractivity contribution < 1.29 is 4.79 Å². The fourth-order valence-corrected chi connectivity index (χ4v) is 1.77. The van der Waals surface area contributed by atoms with Gasteiger partial charge >= 0.3 is 0 Å². The second-order valence-electron chi connectivity index (χ2n) is 4.50. The Morgan fingerprint density at radius 3 is 2.59 bits per heavy atom. The highest BCUT2D eigenvalue weighted by Crippen LogP contribution is 2.14.